The molecule has 4 aliphatic rings. The number of fused-ring (bicyclic) bond motifs is 5. The van der Waals surface area contributed by atoms with Crippen LogP contribution in [0, 0.1) is 28.6 Å². The van der Waals surface area contributed by atoms with Crippen molar-refractivity contribution in [1.29, 1.82) is 0 Å². The lowest BCUT2D eigenvalue weighted by Gasteiger charge is -2.56. The van der Waals surface area contributed by atoms with E-state index in [1.54, 1.807) is 0 Å². The zero-order chi connectivity index (χ0) is 19.5. The zero-order valence-corrected chi connectivity index (χ0v) is 17.2. The number of hydrogen-bond acceptors (Lipinski definition) is 2. The van der Waals surface area contributed by atoms with Gasteiger partial charge in [-0.1, -0.05) is 55.8 Å². The summed E-state index contributed by atoms with van der Waals surface area (Å²) in [7, 11) is 0. The first kappa shape index (κ1) is 18.4. The minimum atomic E-state index is -0.183. The molecule has 0 bridgehead atoms. The van der Waals surface area contributed by atoms with E-state index in [4.69, 9.17) is 0 Å². The average Bonchev–Trinajstić information content (AvgIpc) is 2.94. The SMILES string of the molecule is C[C@@]12CC[C@@H]3[C@H](CC=C4C[C@@H](O)CC[C@@]43C)[C@H]1CC(=Cc1ccccc1)C2=O. The number of hydrogen-bond donors (Lipinski definition) is 1. The van der Waals surface area contributed by atoms with Crippen molar-refractivity contribution in [1.82, 2.24) is 0 Å². The van der Waals surface area contributed by atoms with E-state index in [0.29, 0.717) is 23.5 Å². The van der Waals surface area contributed by atoms with Gasteiger partial charge in [0.1, 0.15) is 0 Å². The van der Waals surface area contributed by atoms with Crippen LogP contribution in [0.2, 0.25) is 0 Å². The van der Waals surface area contributed by atoms with Crippen LogP contribution in [0.15, 0.2) is 47.6 Å². The number of aliphatic hydroxyl groups excluding tert-OH is 1. The Hall–Kier alpha value is -1.67. The second-order valence-corrected chi connectivity index (χ2v) is 10.2. The summed E-state index contributed by atoms with van der Waals surface area (Å²) >= 11 is 0. The highest BCUT2D eigenvalue weighted by Gasteiger charge is 2.59. The summed E-state index contributed by atoms with van der Waals surface area (Å²) in [4.78, 5) is 13.4. The molecule has 0 radical (unpaired) electrons. The van der Waals surface area contributed by atoms with Crippen LogP contribution in [0.5, 0.6) is 0 Å². The number of allylic oxidation sites excluding steroid dienone is 2. The third-order valence-corrected chi connectivity index (χ3v) is 8.86. The summed E-state index contributed by atoms with van der Waals surface area (Å²) in [5.74, 6) is 2.14. The lowest BCUT2D eigenvalue weighted by molar-refractivity contribution is -0.130. The number of carbonyl (C=O) groups excluding carboxylic acids is 1. The van der Waals surface area contributed by atoms with E-state index < -0.39 is 0 Å². The van der Waals surface area contributed by atoms with Crippen LogP contribution < -0.4 is 0 Å². The maximum atomic E-state index is 13.4. The Morgan fingerprint density at radius 2 is 1.75 bits per heavy atom. The molecule has 0 spiro atoms. The molecule has 0 heterocycles. The number of ketones is 1. The smallest absolute Gasteiger partial charge is 0.165 e. The topological polar surface area (TPSA) is 37.3 Å². The Morgan fingerprint density at radius 1 is 1.00 bits per heavy atom. The molecule has 5 rings (SSSR count). The summed E-state index contributed by atoms with van der Waals surface area (Å²) in [5.41, 5.74) is 3.73. The van der Waals surface area contributed by atoms with Gasteiger partial charge in [-0.15, -0.1) is 0 Å². The minimum Gasteiger partial charge on any atom is -0.393 e. The third-order valence-electron chi connectivity index (χ3n) is 8.86. The van der Waals surface area contributed by atoms with E-state index in [1.165, 1.54) is 5.57 Å². The minimum absolute atomic E-state index is 0.154. The van der Waals surface area contributed by atoms with Crippen LogP contribution in [-0.2, 0) is 4.79 Å². The number of carbonyl (C=O) groups is 1. The van der Waals surface area contributed by atoms with Crippen molar-refractivity contribution in [2.45, 2.75) is 64.9 Å². The van der Waals surface area contributed by atoms with E-state index in [1.807, 2.05) is 18.2 Å². The quantitative estimate of drug-likeness (QED) is 0.514. The van der Waals surface area contributed by atoms with Crippen LogP contribution in [0.3, 0.4) is 0 Å². The Labute approximate surface area is 168 Å². The van der Waals surface area contributed by atoms with Gasteiger partial charge in [0.15, 0.2) is 5.78 Å². The first-order chi connectivity index (χ1) is 13.4. The summed E-state index contributed by atoms with van der Waals surface area (Å²) in [6, 6.07) is 10.3. The first-order valence-corrected chi connectivity index (χ1v) is 11.1. The second kappa shape index (κ2) is 6.42. The van der Waals surface area contributed by atoms with E-state index in [9.17, 15) is 9.90 Å². The molecule has 0 aliphatic heterocycles. The molecular formula is C26H32O2. The highest BCUT2D eigenvalue weighted by molar-refractivity contribution is 6.05. The van der Waals surface area contributed by atoms with Crippen LogP contribution in [-0.4, -0.2) is 17.0 Å². The summed E-state index contributed by atoms with van der Waals surface area (Å²) in [6.45, 7) is 4.69. The predicted molar refractivity (Wildman–Crippen MR) is 113 cm³/mol. The molecule has 0 saturated heterocycles. The van der Waals surface area contributed by atoms with Crippen molar-refractivity contribution in [2.24, 2.45) is 28.6 Å². The Bertz CT molecular complexity index is 850. The monoisotopic (exact) mass is 376 g/mol. The molecule has 3 saturated carbocycles. The Morgan fingerprint density at radius 3 is 2.54 bits per heavy atom. The van der Waals surface area contributed by atoms with Crippen molar-refractivity contribution in [2.75, 3.05) is 0 Å². The molecule has 3 fully saturated rings. The van der Waals surface area contributed by atoms with Crippen molar-refractivity contribution in [3.05, 3.63) is 53.1 Å². The zero-order valence-electron chi connectivity index (χ0n) is 17.2. The largest absolute Gasteiger partial charge is 0.393 e. The Kier molecular flexibility index (Phi) is 4.21. The van der Waals surface area contributed by atoms with Gasteiger partial charge >= 0.3 is 0 Å². The van der Waals surface area contributed by atoms with E-state index in [0.717, 1.165) is 56.1 Å². The van der Waals surface area contributed by atoms with Gasteiger partial charge in [0.2, 0.25) is 0 Å². The van der Waals surface area contributed by atoms with E-state index in [-0.39, 0.29) is 16.9 Å². The molecule has 0 aromatic heterocycles. The van der Waals surface area contributed by atoms with Gasteiger partial charge in [0.05, 0.1) is 6.10 Å². The van der Waals surface area contributed by atoms with Gasteiger partial charge in [-0.3, -0.25) is 4.79 Å². The fraction of sp³-hybridized carbons (Fsp3) is 0.577. The fourth-order valence-electron chi connectivity index (χ4n) is 7.19. The Balaban J connectivity index is 1.48. The summed E-state index contributed by atoms with van der Waals surface area (Å²) in [5, 5.41) is 10.2. The molecule has 4 aliphatic carbocycles. The van der Waals surface area contributed by atoms with Gasteiger partial charge in [0, 0.05) is 5.41 Å². The van der Waals surface area contributed by atoms with E-state index in [2.05, 4.69) is 38.1 Å². The third kappa shape index (κ3) is 2.60. The number of benzene rings is 1. The molecule has 28 heavy (non-hydrogen) atoms. The molecule has 0 amide bonds. The summed E-state index contributed by atoms with van der Waals surface area (Å²) < 4.78 is 0. The molecule has 2 nitrogen and oxygen atoms in total. The van der Waals surface area contributed by atoms with Crippen molar-refractivity contribution in [3.63, 3.8) is 0 Å². The molecule has 2 heteroatoms. The molecule has 1 aromatic rings. The van der Waals surface area contributed by atoms with Crippen molar-refractivity contribution in [3.8, 4) is 0 Å². The predicted octanol–water partition coefficient (Wildman–Crippen LogP) is 5.57. The molecule has 0 unspecified atom stereocenters. The maximum absolute atomic E-state index is 13.4. The lowest BCUT2D eigenvalue weighted by atomic mass is 9.48. The highest BCUT2D eigenvalue weighted by Crippen LogP contribution is 2.64. The molecular weight excluding hydrogens is 344 g/mol. The number of aliphatic hydroxyl groups is 1. The first-order valence-electron chi connectivity index (χ1n) is 11.1. The van der Waals surface area contributed by atoms with Crippen LogP contribution >= 0.6 is 0 Å². The van der Waals surface area contributed by atoms with Crippen LogP contribution in [0.4, 0.5) is 0 Å². The molecule has 1 N–H and O–H groups in total. The van der Waals surface area contributed by atoms with Crippen molar-refractivity contribution < 1.29 is 9.90 Å². The van der Waals surface area contributed by atoms with Crippen LogP contribution in [0.1, 0.15) is 64.4 Å². The lowest BCUT2D eigenvalue weighted by Crippen LogP contribution is -2.50. The van der Waals surface area contributed by atoms with Crippen LogP contribution in [0.25, 0.3) is 6.08 Å². The fourth-order valence-corrected chi connectivity index (χ4v) is 7.19. The molecule has 1 aromatic carbocycles. The molecule has 148 valence electrons. The van der Waals surface area contributed by atoms with Gasteiger partial charge in [0.25, 0.3) is 0 Å². The average molecular weight is 377 g/mol. The number of rotatable bonds is 1. The summed E-state index contributed by atoms with van der Waals surface area (Å²) in [6.07, 6.45) is 11.5. The van der Waals surface area contributed by atoms with Gasteiger partial charge in [-0.25, -0.2) is 0 Å². The van der Waals surface area contributed by atoms with Gasteiger partial charge in [-0.05, 0) is 85.3 Å². The van der Waals surface area contributed by atoms with Gasteiger partial charge < -0.3 is 5.11 Å². The maximum Gasteiger partial charge on any atom is 0.165 e. The highest BCUT2D eigenvalue weighted by atomic mass is 16.3. The number of Topliss-reactive ketones (excluding diaryl/α,β-unsaturated/α-hetero) is 1. The molecule has 6 atom stereocenters. The second-order valence-electron chi connectivity index (χ2n) is 10.2. The van der Waals surface area contributed by atoms with Crippen molar-refractivity contribution >= 4 is 11.9 Å². The van der Waals surface area contributed by atoms with Gasteiger partial charge in [-0.2, -0.15) is 0 Å². The standard InChI is InChI=1S/C26H32O2/c1-25-12-10-20(27)16-19(25)8-9-21-22(25)11-13-26(2)23(21)15-18(24(26)28)14-17-6-4-3-5-7-17/h3-8,14,20-23,27H,9-13,15-16H2,1-2H3/t20-,21-,22+,23+,25-,26+/m0/s1. The normalized spacial score (nSPS) is 43.9. The van der Waals surface area contributed by atoms with E-state index >= 15 is 0 Å².